The third-order valence-electron chi connectivity index (χ3n) is 10.6. The second kappa shape index (κ2) is 46.3. The number of allylic oxidation sites excluding steroid dienone is 6. The van der Waals surface area contributed by atoms with Crippen molar-refractivity contribution in [3.8, 4) is 0 Å². The summed E-state index contributed by atoms with van der Waals surface area (Å²) in [6.07, 6.45) is 52.7. The van der Waals surface area contributed by atoms with Crippen LogP contribution in [-0.4, -0.2) is 37.2 Å². The maximum absolute atomic E-state index is 12.7. The van der Waals surface area contributed by atoms with E-state index < -0.39 is 6.10 Å². The molecule has 0 aliphatic heterocycles. The molecule has 0 saturated carbocycles. The van der Waals surface area contributed by atoms with Crippen molar-refractivity contribution in [1.29, 1.82) is 0 Å². The van der Waals surface area contributed by atoms with Crippen molar-refractivity contribution in [3.63, 3.8) is 0 Å². The third-order valence-corrected chi connectivity index (χ3v) is 10.6. The third kappa shape index (κ3) is 44.6. The minimum atomic E-state index is -0.775. The van der Waals surface area contributed by atoms with Gasteiger partial charge in [0.05, 0.1) is 0 Å². The maximum atomic E-state index is 12.7. The fourth-order valence-electron chi connectivity index (χ4n) is 6.93. The Labute approximate surface area is 353 Å². The van der Waals surface area contributed by atoms with Crippen LogP contribution < -0.4 is 0 Å². The van der Waals surface area contributed by atoms with E-state index in [2.05, 4.69) is 57.2 Å². The summed E-state index contributed by atoms with van der Waals surface area (Å²) in [7, 11) is 0. The Morgan fingerprint density at radius 2 is 0.702 bits per heavy atom. The molecule has 0 amide bonds. The molecule has 1 atom stereocenters. The fourth-order valence-corrected chi connectivity index (χ4v) is 6.93. The van der Waals surface area contributed by atoms with Gasteiger partial charge >= 0.3 is 17.9 Å². The summed E-state index contributed by atoms with van der Waals surface area (Å²) in [5.41, 5.74) is 0. The predicted molar refractivity (Wildman–Crippen MR) is 242 cm³/mol. The topological polar surface area (TPSA) is 78.9 Å². The first-order valence-electron chi connectivity index (χ1n) is 24.5. The van der Waals surface area contributed by atoms with Crippen LogP contribution >= 0.6 is 0 Å². The molecule has 0 bridgehead atoms. The monoisotopic (exact) mass is 801 g/mol. The summed E-state index contributed by atoms with van der Waals surface area (Å²) in [4.78, 5) is 37.8. The largest absolute Gasteiger partial charge is 0.462 e. The van der Waals surface area contributed by atoms with Crippen LogP contribution in [0.1, 0.15) is 252 Å². The molecule has 6 heteroatoms. The van der Waals surface area contributed by atoms with Crippen LogP contribution in [0.5, 0.6) is 0 Å². The average molecular weight is 801 g/mol. The summed E-state index contributed by atoms with van der Waals surface area (Å²) in [6, 6.07) is 0. The first-order chi connectivity index (χ1) is 28.0. The molecule has 0 fully saturated rings. The van der Waals surface area contributed by atoms with Gasteiger partial charge in [0.2, 0.25) is 0 Å². The average Bonchev–Trinajstić information content (AvgIpc) is 3.21. The highest BCUT2D eigenvalue weighted by molar-refractivity contribution is 5.71. The zero-order valence-corrected chi connectivity index (χ0v) is 37.9. The summed E-state index contributed by atoms with van der Waals surface area (Å²) in [5.74, 6) is -0.893. The van der Waals surface area contributed by atoms with E-state index in [1.807, 2.05) is 0 Å². The van der Waals surface area contributed by atoms with E-state index in [0.29, 0.717) is 19.3 Å². The summed E-state index contributed by atoms with van der Waals surface area (Å²) < 4.78 is 16.7. The lowest BCUT2D eigenvalue weighted by atomic mass is 10.0. The molecule has 0 radical (unpaired) electrons. The van der Waals surface area contributed by atoms with E-state index in [9.17, 15) is 14.4 Å². The van der Waals surface area contributed by atoms with Crippen LogP contribution in [0.15, 0.2) is 36.5 Å². The van der Waals surface area contributed by atoms with Crippen molar-refractivity contribution in [2.24, 2.45) is 0 Å². The molecule has 0 N–H and O–H groups in total. The molecule has 0 aromatic carbocycles. The van der Waals surface area contributed by atoms with Gasteiger partial charge in [-0.2, -0.15) is 0 Å². The molecule has 0 rings (SSSR count). The number of hydrogen-bond donors (Lipinski definition) is 0. The van der Waals surface area contributed by atoms with Crippen LogP contribution in [0.3, 0.4) is 0 Å². The van der Waals surface area contributed by atoms with Crippen LogP contribution in [0, 0.1) is 0 Å². The van der Waals surface area contributed by atoms with Gasteiger partial charge in [-0.05, 0) is 64.2 Å². The predicted octanol–water partition coefficient (Wildman–Crippen LogP) is 15.8. The van der Waals surface area contributed by atoms with Gasteiger partial charge in [-0.25, -0.2) is 0 Å². The molecule has 1 unspecified atom stereocenters. The van der Waals surface area contributed by atoms with Gasteiger partial charge in [0.15, 0.2) is 6.10 Å². The first kappa shape index (κ1) is 54.6. The molecular formula is C51H92O6. The minimum absolute atomic E-state index is 0.0764. The Hall–Kier alpha value is -2.37. The van der Waals surface area contributed by atoms with E-state index >= 15 is 0 Å². The normalized spacial score (nSPS) is 12.3. The smallest absolute Gasteiger partial charge is 0.306 e. The number of rotatable bonds is 44. The Bertz CT molecular complexity index is 969. The highest BCUT2D eigenvalue weighted by atomic mass is 16.6. The van der Waals surface area contributed by atoms with Gasteiger partial charge in [-0.1, -0.05) is 205 Å². The van der Waals surface area contributed by atoms with E-state index in [-0.39, 0.29) is 31.1 Å². The van der Waals surface area contributed by atoms with Crippen molar-refractivity contribution >= 4 is 17.9 Å². The number of esters is 3. The molecule has 0 saturated heterocycles. The van der Waals surface area contributed by atoms with Gasteiger partial charge in [0.25, 0.3) is 0 Å². The highest BCUT2D eigenvalue weighted by Gasteiger charge is 2.19. The quantitative estimate of drug-likeness (QED) is 0.0264. The SMILES string of the molecule is CC/C=C\C/C=C\CCCCCCCCCC(=O)OC(COC(=O)CCCCCC/C=C\CCCC)COC(=O)CCCCCCCCCCCCCCCCC. The van der Waals surface area contributed by atoms with Gasteiger partial charge in [0.1, 0.15) is 13.2 Å². The summed E-state index contributed by atoms with van der Waals surface area (Å²) in [5, 5.41) is 0. The molecule has 57 heavy (non-hydrogen) atoms. The van der Waals surface area contributed by atoms with Crippen molar-refractivity contribution in [1.82, 2.24) is 0 Å². The summed E-state index contributed by atoms with van der Waals surface area (Å²) >= 11 is 0. The molecule has 0 spiro atoms. The Balaban J connectivity index is 4.34. The minimum Gasteiger partial charge on any atom is -0.462 e. The standard InChI is InChI=1S/C51H92O6/c1-4-7-10-13-16-19-22-24-26-28-29-32-35-38-41-44-50(53)56-47-48(46-55-49(52)43-40-37-34-31-21-18-15-12-9-6-3)57-51(54)45-42-39-36-33-30-27-25-23-20-17-14-11-8-5-2/h8,11,15,17-18,20,48H,4-7,9-10,12-14,16,19,21-47H2,1-3H3/b11-8-,18-15-,20-17-. The molecule has 0 aromatic heterocycles. The molecule has 6 nitrogen and oxygen atoms in total. The maximum Gasteiger partial charge on any atom is 0.306 e. The van der Waals surface area contributed by atoms with Crippen molar-refractivity contribution in [2.75, 3.05) is 13.2 Å². The van der Waals surface area contributed by atoms with E-state index in [1.54, 1.807) is 0 Å². The molecule has 0 aliphatic rings. The molecule has 0 aromatic rings. The number of carbonyl (C=O) groups is 3. The number of unbranched alkanes of at least 4 members (excludes halogenated alkanes) is 27. The van der Waals surface area contributed by atoms with Crippen molar-refractivity contribution in [3.05, 3.63) is 36.5 Å². The van der Waals surface area contributed by atoms with Crippen LogP contribution in [0.4, 0.5) is 0 Å². The number of carbonyl (C=O) groups excluding carboxylic acids is 3. The summed E-state index contributed by atoms with van der Waals surface area (Å²) in [6.45, 7) is 6.48. The Morgan fingerprint density at radius 3 is 1.12 bits per heavy atom. The van der Waals surface area contributed by atoms with Gasteiger partial charge in [-0.15, -0.1) is 0 Å². The van der Waals surface area contributed by atoms with Crippen molar-refractivity contribution in [2.45, 2.75) is 258 Å². The van der Waals surface area contributed by atoms with E-state index in [0.717, 1.165) is 96.3 Å². The fraction of sp³-hybridized carbons (Fsp3) is 0.824. The van der Waals surface area contributed by atoms with Crippen LogP contribution in [0.2, 0.25) is 0 Å². The molecule has 0 aliphatic carbocycles. The second-order valence-corrected chi connectivity index (χ2v) is 16.3. The van der Waals surface area contributed by atoms with Gasteiger partial charge in [-0.3, -0.25) is 14.4 Å². The van der Waals surface area contributed by atoms with Gasteiger partial charge < -0.3 is 14.2 Å². The van der Waals surface area contributed by atoms with Crippen LogP contribution in [-0.2, 0) is 28.6 Å². The lowest BCUT2D eigenvalue weighted by Gasteiger charge is -2.18. The lowest BCUT2D eigenvalue weighted by Crippen LogP contribution is -2.30. The lowest BCUT2D eigenvalue weighted by molar-refractivity contribution is -0.167. The van der Waals surface area contributed by atoms with Crippen molar-refractivity contribution < 1.29 is 28.6 Å². The Morgan fingerprint density at radius 1 is 0.368 bits per heavy atom. The van der Waals surface area contributed by atoms with Gasteiger partial charge in [0, 0.05) is 19.3 Å². The number of hydrogen-bond acceptors (Lipinski definition) is 6. The molecule has 0 heterocycles. The molecular weight excluding hydrogens is 709 g/mol. The number of ether oxygens (including phenoxy) is 3. The Kier molecular flexibility index (Phi) is 44.4. The first-order valence-corrected chi connectivity index (χ1v) is 24.5. The van der Waals surface area contributed by atoms with Crippen LogP contribution in [0.25, 0.3) is 0 Å². The zero-order chi connectivity index (χ0) is 41.5. The second-order valence-electron chi connectivity index (χ2n) is 16.3. The highest BCUT2D eigenvalue weighted by Crippen LogP contribution is 2.15. The molecule has 332 valence electrons. The van der Waals surface area contributed by atoms with E-state index in [1.165, 1.54) is 116 Å². The van der Waals surface area contributed by atoms with E-state index in [4.69, 9.17) is 14.2 Å². The zero-order valence-electron chi connectivity index (χ0n) is 37.9.